The largest absolute Gasteiger partial charge is 0.445 e. The van der Waals surface area contributed by atoms with E-state index in [4.69, 9.17) is 4.74 Å². The Morgan fingerprint density at radius 2 is 1.92 bits per heavy atom. The Hall–Kier alpha value is -2.76. The van der Waals surface area contributed by atoms with E-state index < -0.39 is 0 Å². The van der Waals surface area contributed by atoms with Crippen molar-refractivity contribution in [3.63, 3.8) is 0 Å². The van der Waals surface area contributed by atoms with Gasteiger partial charge in [0, 0.05) is 25.8 Å². The van der Waals surface area contributed by atoms with E-state index in [0.717, 1.165) is 11.3 Å². The second-order valence-corrected chi connectivity index (χ2v) is 5.78. The molecule has 126 valence electrons. The van der Waals surface area contributed by atoms with Crippen molar-refractivity contribution in [3.8, 4) is 0 Å². The van der Waals surface area contributed by atoms with E-state index in [1.54, 1.807) is 18.0 Å². The van der Waals surface area contributed by atoms with E-state index in [1.807, 2.05) is 47.9 Å². The summed E-state index contributed by atoms with van der Waals surface area (Å²) in [4.78, 5) is 26.0. The Morgan fingerprint density at radius 1 is 1.17 bits per heavy atom. The van der Waals surface area contributed by atoms with Crippen molar-refractivity contribution in [1.29, 1.82) is 0 Å². The predicted molar refractivity (Wildman–Crippen MR) is 89.6 cm³/mol. The van der Waals surface area contributed by atoms with Crippen molar-refractivity contribution in [2.75, 3.05) is 13.6 Å². The number of fused-ring (bicyclic) bond motifs is 1. The highest BCUT2D eigenvalue weighted by atomic mass is 16.6. The summed E-state index contributed by atoms with van der Waals surface area (Å²) in [6.07, 6.45) is -0.333. The summed E-state index contributed by atoms with van der Waals surface area (Å²) in [5.74, 6) is -0.117. The first-order valence-corrected chi connectivity index (χ1v) is 8.00. The maximum atomic E-state index is 12.4. The van der Waals surface area contributed by atoms with Crippen LogP contribution in [0.4, 0.5) is 4.79 Å². The van der Waals surface area contributed by atoms with Crippen LogP contribution in [-0.4, -0.2) is 35.1 Å². The van der Waals surface area contributed by atoms with Crippen LogP contribution in [0.25, 0.3) is 0 Å². The first-order chi connectivity index (χ1) is 11.6. The van der Waals surface area contributed by atoms with Crippen LogP contribution >= 0.6 is 0 Å². The average Bonchev–Trinajstić information content (AvgIpc) is 3.05. The molecule has 0 spiro atoms. The summed E-state index contributed by atoms with van der Waals surface area (Å²) in [6.45, 7) is 3.30. The maximum absolute atomic E-state index is 12.4. The lowest BCUT2D eigenvalue weighted by molar-refractivity contribution is 0.0732. The van der Waals surface area contributed by atoms with Gasteiger partial charge in [-0.1, -0.05) is 30.3 Å². The molecule has 6 nitrogen and oxygen atoms in total. The highest BCUT2D eigenvalue weighted by molar-refractivity contribution is 5.92. The minimum Gasteiger partial charge on any atom is -0.445 e. The molecule has 24 heavy (non-hydrogen) atoms. The quantitative estimate of drug-likeness (QED) is 0.942. The predicted octanol–water partition coefficient (Wildman–Crippen LogP) is 2.56. The lowest BCUT2D eigenvalue weighted by atomic mass is 10.1. The van der Waals surface area contributed by atoms with Crippen LogP contribution in [0, 0.1) is 0 Å². The minimum absolute atomic E-state index is 0.117. The van der Waals surface area contributed by atoms with Gasteiger partial charge in [0.25, 0.3) is 5.91 Å². The Morgan fingerprint density at radius 3 is 2.62 bits per heavy atom. The monoisotopic (exact) mass is 327 g/mol. The molecule has 1 aromatic carbocycles. The standard InChI is InChI=1S/C18H21N3O3/c1-13-15-8-9-16(17(22)19-2)21(15)11-10-20(13)18(23)24-12-14-6-4-3-5-7-14/h3-9,13H,10-12H2,1-2H3,(H,19,22)/t13-/m1/s1. The third-order valence-corrected chi connectivity index (χ3v) is 4.37. The molecular formula is C18H21N3O3. The van der Waals surface area contributed by atoms with Gasteiger partial charge in [-0.3, -0.25) is 9.69 Å². The number of aromatic nitrogens is 1. The summed E-state index contributed by atoms with van der Waals surface area (Å²) in [5.41, 5.74) is 2.52. The van der Waals surface area contributed by atoms with Gasteiger partial charge < -0.3 is 14.6 Å². The number of carbonyl (C=O) groups is 2. The van der Waals surface area contributed by atoms with Crippen LogP contribution < -0.4 is 5.32 Å². The van der Waals surface area contributed by atoms with Crippen molar-refractivity contribution in [3.05, 3.63) is 59.4 Å². The van der Waals surface area contributed by atoms with E-state index in [2.05, 4.69) is 5.32 Å². The molecular weight excluding hydrogens is 306 g/mol. The first kappa shape index (κ1) is 16.1. The molecule has 1 N–H and O–H groups in total. The normalized spacial score (nSPS) is 16.4. The molecule has 3 rings (SSSR count). The third-order valence-electron chi connectivity index (χ3n) is 4.37. The molecule has 0 saturated carbocycles. The van der Waals surface area contributed by atoms with Gasteiger partial charge in [0.2, 0.25) is 0 Å². The number of benzene rings is 1. The van der Waals surface area contributed by atoms with Crippen LogP contribution in [0.1, 0.15) is 34.7 Å². The molecule has 0 fully saturated rings. The molecule has 2 amide bonds. The summed E-state index contributed by atoms with van der Waals surface area (Å²) >= 11 is 0. The van der Waals surface area contributed by atoms with Crippen molar-refractivity contribution in [2.45, 2.75) is 26.1 Å². The lowest BCUT2D eigenvalue weighted by Crippen LogP contribution is -2.42. The van der Waals surface area contributed by atoms with Gasteiger partial charge >= 0.3 is 6.09 Å². The van der Waals surface area contributed by atoms with E-state index in [0.29, 0.717) is 18.8 Å². The molecule has 0 aliphatic carbocycles. The number of nitrogens with zero attached hydrogens (tertiary/aromatic N) is 2. The second kappa shape index (κ2) is 6.78. The molecule has 0 saturated heterocycles. The average molecular weight is 327 g/mol. The number of nitrogens with one attached hydrogen (secondary N) is 1. The zero-order valence-corrected chi connectivity index (χ0v) is 13.9. The second-order valence-electron chi connectivity index (χ2n) is 5.78. The van der Waals surface area contributed by atoms with E-state index in [9.17, 15) is 9.59 Å². The number of hydrogen-bond donors (Lipinski definition) is 1. The van der Waals surface area contributed by atoms with E-state index in [-0.39, 0.29) is 24.6 Å². The molecule has 0 unspecified atom stereocenters. The number of ether oxygens (including phenoxy) is 1. The minimum atomic E-state index is -0.333. The molecule has 0 radical (unpaired) electrons. The van der Waals surface area contributed by atoms with E-state index >= 15 is 0 Å². The Bertz CT molecular complexity index is 739. The maximum Gasteiger partial charge on any atom is 0.410 e. The summed E-state index contributed by atoms with van der Waals surface area (Å²) < 4.78 is 7.39. The van der Waals surface area contributed by atoms with Gasteiger partial charge in [-0.05, 0) is 24.6 Å². The van der Waals surface area contributed by atoms with Crippen LogP contribution in [0.5, 0.6) is 0 Å². The first-order valence-electron chi connectivity index (χ1n) is 8.00. The zero-order valence-electron chi connectivity index (χ0n) is 13.9. The summed E-state index contributed by atoms with van der Waals surface area (Å²) in [6, 6.07) is 13.2. The molecule has 1 aliphatic rings. The van der Waals surface area contributed by atoms with Crippen LogP contribution in [0.3, 0.4) is 0 Å². The SMILES string of the molecule is CNC(=O)c1ccc2n1CCN(C(=O)OCc1ccccc1)[C@@H]2C. The third kappa shape index (κ3) is 2.99. The summed E-state index contributed by atoms with van der Waals surface area (Å²) in [7, 11) is 1.61. The van der Waals surface area contributed by atoms with Crippen LogP contribution in [0.15, 0.2) is 42.5 Å². The Kier molecular flexibility index (Phi) is 4.55. The number of rotatable bonds is 3. The topological polar surface area (TPSA) is 63.6 Å². The van der Waals surface area contributed by atoms with Gasteiger partial charge in [0.1, 0.15) is 12.3 Å². The number of carbonyl (C=O) groups excluding carboxylic acids is 2. The highest BCUT2D eigenvalue weighted by Crippen LogP contribution is 2.28. The zero-order chi connectivity index (χ0) is 17.1. The molecule has 0 bridgehead atoms. The molecule has 1 aliphatic heterocycles. The van der Waals surface area contributed by atoms with Crippen molar-refractivity contribution in [1.82, 2.24) is 14.8 Å². The fourth-order valence-corrected chi connectivity index (χ4v) is 3.04. The Balaban J connectivity index is 1.69. The fraction of sp³-hybridized carbons (Fsp3) is 0.333. The van der Waals surface area contributed by atoms with Gasteiger partial charge in [-0.25, -0.2) is 4.79 Å². The van der Waals surface area contributed by atoms with Gasteiger partial charge in [-0.2, -0.15) is 0 Å². The van der Waals surface area contributed by atoms with Gasteiger partial charge in [-0.15, -0.1) is 0 Å². The van der Waals surface area contributed by atoms with Gasteiger partial charge in [0.05, 0.1) is 6.04 Å². The smallest absolute Gasteiger partial charge is 0.410 e. The van der Waals surface area contributed by atoms with E-state index in [1.165, 1.54) is 0 Å². The van der Waals surface area contributed by atoms with Crippen molar-refractivity contribution in [2.24, 2.45) is 0 Å². The van der Waals surface area contributed by atoms with Crippen LogP contribution in [0.2, 0.25) is 0 Å². The lowest BCUT2D eigenvalue weighted by Gasteiger charge is -2.34. The molecule has 1 aromatic heterocycles. The van der Waals surface area contributed by atoms with Gasteiger partial charge in [0.15, 0.2) is 0 Å². The summed E-state index contributed by atoms with van der Waals surface area (Å²) in [5, 5.41) is 2.64. The molecule has 2 aromatic rings. The molecule has 2 heterocycles. The van der Waals surface area contributed by atoms with Crippen LogP contribution in [-0.2, 0) is 17.9 Å². The number of amides is 2. The molecule has 6 heteroatoms. The number of hydrogen-bond acceptors (Lipinski definition) is 3. The van der Waals surface area contributed by atoms with Crippen molar-refractivity contribution < 1.29 is 14.3 Å². The van der Waals surface area contributed by atoms with Crippen molar-refractivity contribution >= 4 is 12.0 Å². The molecule has 1 atom stereocenters. The highest BCUT2D eigenvalue weighted by Gasteiger charge is 2.31. The fourth-order valence-electron chi connectivity index (χ4n) is 3.04. The Labute approximate surface area is 141 Å².